The average molecular weight is 314 g/mol. The number of carbonyl (C=O) groups is 1. The van der Waals surface area contributed by atoms with E-state index in [4.69, 9.17) is 4.42 Å². The zero-order valence-corrected chi connectivity index (χ0v) is 14.2. The van der Waals surface area contributed by atoms with Crippen LogP contribution in [0.2, 0.25) is 0 Å². The molecule has 0 bridgehead atoms. The van der Waals surface area contributed by atoms with Gasteiger partial charge in [0, 0.05) is 17.4 Å². The van der Waals surface area contributed by atoms with Crippen molar-refractivity contribution in [2.24, 2.45) is 22.7 Å². The first-order valence-electron chi connectivity index (χ1n) is 8.44. The Hall–Kier alpha value is -1.61. The van der Waals surface area contributed by atoms with Gasteiger partial charge in [-0.15, -0.1) is 0 Å². The Balaban J connectivity index is 2.04. The van der Waals surface area contributed by atoms with Gasteiger partial charge in [0.15, 0.2) is 5.78 Å². The molecule has 0 saturated heterocycles. The number of rotatable bonds is 3. The van der Waals surface area contributed by atoms with Crippen LogP contribution in [0.5, 0.6) is 0 Å². The fraction of sp³-hybridized carbons (Fsp3) is 0.550. The molecule has 3 atom stereocenters. The van der Waals surface area contributed by atoms with Crippen LogP contribution in [0.15, 0.2) is 40.7 Å². The molecule has 1 saturated carbocycles. The van der Waals surface area contributed by atoms with Gasteiger partial charge >= 0.3 is 0 Å². The third kappa shape index (κ3) is 2.72. The van der Waals surface area contributed by atoms with Crippen molar-refractivity contribution in [2.45, 2.75) is 40.0 Å². The summed E-state index contributed by atoms with van der Waals surface area (Å²) in [4.78, 5) is 12.8. The fourth-order valence-electron chi connectivity index (χ4n) is 5.00. The topological polar surface area (TPSA) is 50.4 Å². The zero-order chi connectivity index (χ0) is 16.7. The summed E-state index contributed by atoms with van der Waals surface area (Å²) in [6.07, 6.45) is 12.5. The lowest BCUT2D eigenvalue weighted by Crippen LogP contribution is -2.52. The monoisotopic (exact) mass is 314 g/mol. The number of ketones is 1. The van der Waals surface area contributed by atoms with Gasteiger partial charge in [-0.2, -0.15) is 0 Å². The lowest BCUT2D eigenvalue weighted by Gasteiger charge is -2.55. The highest BCUT2D eigenvalue weighted by Gasteiger charge is 2.55. The molecular weight excluding hydrogens is 288 g/mol. The predicted octanol–water partition coefficient (Wildman–Crippen LogP) is 4.24. The van der Waals surface area contributed by atoms with Crippen LogP contribution in [0.4, 0.5) is 0 Å². The summed E-state index contributed by atoms with van der Waals surface area (Å²) >= 11 is 0. The SMILES string of the molecule is CC1(C)CCC[C@]2(C)[C@@H](C=Cc3ccoc3)C(CO)=CC(=O)[C@@H]12. The smallest absolute Gasteiger partial charge is 0.159 e. The molecule has 124 valence electrons. The van der Waals surface area contributed by atoms with Crippen molar-refractivity contribution in [3.8, 4) is 0 Å². The number of aliphatic hydroxyl groups is 1. The fourth-order valence-corrected chi connectivity index (χ4v) is 5.00. The first kappa shape index (κ1) is 16.3. The number of fused-ring (bicyclic) bond motifs is 1. The minimum atomic E-state index is -0.133. The lowest BCUT2D eigenvalue weighted by molar-refractivity contribution is -0.135. The van der Waals surface area contributed by atoms with Gasteiger partial charge in [-0.25, -0.2) is 0 Å². The Morgan fingerprint density at radius 1 is 1.35 bits per heavy atom. The zero-order valence-electron chi connectivity index (χ0n) is 14.2. The van der Waals surface area contributed by atoms with E-state index < -0.39 is 0 Å². The van der Waals surface area contributed by atoms with Gasteiger partial charge in [0.05, 0.1) is 19.1 Å². The van der Waals surface area contributed by atoms with Crippen LogP contribution in [0.3, 0.4) is 0 Å². The first-order chi connectivity index (χ1) is 10.9. The number of allylic oxidation sites excluding steroid dienone is 2. The second-order valence-corrected chi connectivity index (χ2v) is 7.95. The molecule has 1 N–H and O–H groups in total. The molecule has 0 unspecified atom stereocenters. The summed E-state index contributed by atoms with van der Waals surface area (Å²) in [5.74, 6) is 0.289. The quantitative estimate of drug-likeness (QED) is 0.907. The maximum Gasteiger partial charge on any atom is 0.159 e. The summed E-state index contributed by atoms with van der Waals surface area (Å²) in [5.41, 5.74) is 1.72. The summed E-state index contributed by atoms with van der Waals surface area (Å²) in [5, 5.41) is 9.80. The number of carbonyl (C=O) groups excluding carboxylic acids is 1. The van der Waals surface area contributed by atoms with Crippen molar-refractivity contribution in [3.63, 3.8) is 0 Å². The summed E-state index contributed by atoms with van der Waals surface area (Å²) < 4.78 is 5.12. The summed E-state index contributed by atoms with van der Waals surface area (Å²) in [6.45, 7) is 6.58. The van der Waals surface area contributed by atoms with Crippen molar-refractivity contribution in [1.29, 1.82) is 0 Å². The lowest BCUT2D eigenvalue weighted by atomic mass is 9.48. The van der Waals surface area contributed by atoms with E-state index >= 15 is 0 Å². The molecule has 0 amide bonds. The number of aliphatic hydroxyl groups excluding tert-OH is 1. The van der Waals surface area contributed by atoms with Crippen LogP contribution in [0.25, 0.3) is 6.08 Å². The third-order valence-electron chi connectivity index (χ3n) is 5.91. The third-order valence-corrected chi connectivity index (χ3v) is 5.91. The molecule has 23 heavy (non-hydrogen) atoms. The second-order valence-electron chi connectivity index (χ2n) is 7.95. The van der Waals surface area contributed by atoms with Gasteiger partial charge in [-0.3, -0.25) is 4.79 Å². The van der Waals surface area contributed by atoms with Crippen molar-refractivity contribution in [2.75, 3.05) is 6.61 Å². The summed E-state index contributed by atoms with van der Waals surface area (Å²) in [6, 6.07) is 1.91. The van der Waals surface area contributed by atoms with Crippen LogP contribution in [0, 0.1) is 22.7 Å². The number of furan rings is 1. The van der Waals surface area contributed by atoms with Gasteiger partial charge in [-0.05, 0) is 41.4 Å². The van der Waals surface area contributed by atoms with E-state index in [-0.39, 0.29) is 35.1 Å². The van der Waals surface area contributed by atoms with Crippen molar-refractivity contribution in [1.82, 2.24) is 0 Å². The molecule has 1 fully saturated rings. The van der Waals surface area contributed by atoms with Crippen molar-refractivity contribution in [3.05, 3.63) is 41.9 Å². The van der Waals surface area contributed by atoms with Crippen molar-refractivity contribution < 1.29 is 14.3 Å². The molecule has 0 aromatic carbocycles. The van der Waals surface area contributed by atoms with E-state index in [0.717, 1.165) is 30.4 Å². The molecule has 0 spiro atoms. The average Bonchev–Trinajstić information content (AvgIpc) is 2.97. The standard InChI is InChI=1S/C20H26O3/c1-19(2)8-4-9-20(3)16(6-5-14-7-10-23-13-14)15(12-21)11-17(22)18(19)20/h5-7,10-11,13,16,18,21H,4,8-9,12H2,1-3H3/t16-,18-,20+/m0/s1. The Morgan fingerprint density at radius 2 is 2.13 bits per heavy atom. The summed E-state index contributed by atoms with van der Waals surface area (Å²) in [7, 11) is 0. The van der Waals surface area contributed by atoms with Gasteiger partial charge < -0.3 is 9.52 Å². The largest absolute Gasteiger partial charge is 0.472 e. The van der Waals surface area contributed by atoms with Crippen LogP contribution < -0.4 is 0 Å². The van der Waals surface area contributed by atoms with Crippen molar-refractivity contribution >= 4 is 11.9 Å². The molecule has 0 radical (unpaired) electrons. The van der Waals surface area contributed by atoms with Crippen LogP contribution in [-0.2, 0) is 4.79 Å². The molecule has 3 heteroatoms. The van der Waals surface area contributed by atoms with Crippen LogP contribution in [0.1, 0.15) is 45.6 Å². The molecule has 2 aliphatic rings. The molecule has 2 aliphatic carbocycles. The molecule has 3 nitrogen and oxygen atoms in total. The second kappa shape index (κ2) is 5.79. The minimum absolute atomic E-state index is 0.00327. The molecule has 1 aromatic heterocycles. The Kier molecular flexibility index (Phi) is 4.09. The van der Waals surface area contributed by atoms with E-state index in [2.05, 4.69) is 26.8 Å². The first-order valence-corrected chi connectivity index (χ1v) is 8.44. The predicted molar refractivity (Wildman–Crippen MR) is 90.6 cm³/mol. The van der Waals surface area contributed by atoms with E-state index in [1.807, 2.05) is 12.1 Å². The molecule has 1 heterocycles. The van der Waals surface area contributed by atoms with E-state index in [1.165, 1.54) is 0 Å². The molecule has 0 aliphatic heterocycles. The molecule has 1 aromatic rings. The Bertz CT molecular complexity index is 636. The Morgan fingerprint density at radius 3 is 2.78 bits per heavy atom. The van der Waals surface area contributed by atoms with Gasteiger partial charge in [0.25, 0.3) is 0 Å². The number of hydrogen-bond donors (Lipinski definition) is 1. The van der Waals surface area contributed by atoms with E-state index in [1.54, 1.807) is 18.6 Å². The highest BCUT2D eigenvalue weighted by molar-refractivity contribution is 5.95. The maximum absolute atomic E-state index is 12.8. The van der Waals surface area contributed by atoms with Gasteiger partial charge in [0.1, 0.15) is 0 Å². The minimum Gasteiger partial charge on any atom is -0.472 e. The number of hydrogen-bond acceptors (Lipinski definition) is 3. The normalized spacial score (nSPS) is 33.6. The molecular formula is C20H26O3. The molecule has 3 rings (SSSR count). The highest BCUT2D eigenvalue weighted by atomic mass is 16.3. The Labute approximate surface area is 138 Å². The van der Waals surface area contributed by atoms with Crippen LogP contribution >= 0.6 is 0 Å². The van der Waals surface area contributed by atoms with E-state index in [0.29, 0.717) is 0 Å². The maximum atomic E-state index is 12.8. The highest BCUT2D eigenvalue weighted by Crippen LogP contribution is 2.58. The van der Waals surface area contributed by atoms with E-state index in [9.17, 15) is 9.90 Å². The van der Waals surface area contributed by atoms with Gasteiger partial charge in [0.2, 0.25) is 0 Å². The van der Waals surface area contributed by atoms with Crippen LogP contribution in [-0.4, -0.2) is 17.5 Å². The van der Waals surface area contributed by atoms with Gasteiger partial charge in [-0.1, -0.05) is 39.3 Å².